The molecule has 2 aromatic carbocycles. The second-order valence-corrected chi connectivity index (χ2v) is 4.94. The van der Waals surface area contributed by atoms with E-state index in [1.54, 1.807) is 24.3 Å². The van der Waals surface area contributed by atoms with Gasteiger partial charge in [0.05, 0.1) is 0 Å². The maximum Gasteiger partial charge on any atom is 0.163 e. The fraction of sp³-hybridized carbons (Fsp3) is 0.133. The van der Waals surface area contributed by atoms with E-state index in [0.717, 1.165) is 4.47 Å². The lowest BCUT2D eigenvalue weighted by Gasteiger charge is -2.04. The van der Waals surface area contributed by atoms with Gasteiger partial charge >= 0.3 is 0 Å². The first-order valence-electron chi connectivity index (χ1n) is 5.69. The summed E-state index contributed by atoms with van der Waals surface area (Å²) in [6.07, 6.45) is 0.733. The van der Waals surface area contributed by atoms with Gasteiger partial charge in [-0.2, -0.15) is 0 Å². The molecule has 2 aromatic rings. The summed E-state index contributed by atoms with van der Waals surface area (Å²) in [7, 11) is 0. The van der Waals surface area contributed by atoms with Crippen LogP contribution < -0.4 is 0 Å². The third-order valence-corrected chi connectivity index (χ3v) is 3.22. The number of aryl methyl sites for hydroxylation is 1. The van der Waals surface area contributed by atoms with Crippen molar-refractivity contribution >= 4 is 21.7 Å². The highest BCUT2D eigenvalue weighted by Gasteiger charge is 2.08. The number of benzene rings is 2. The SMILES string of the molecule is O=C(CCc1cc(Br)ccc1F)c1ccccc1. The van der Waals surface area contributed by atoms with E-state index in [0.29, 0.717) is 24.0 Å². The van der Waals surface area contributed by atoms with Gasteiger partial charge in [0.1, 0.15) is 5.82 Å². The third-order valence-electron chi connectivity index (χ3n) is 2.72. The Morgan fingerprint density at radius 3 is 2.56 bits per heavy atom. The normalized spacial score (nSPS) is 10.3. The van der Waals surface area contributed by atoms with Gasteiger partial charge in [-0.25, -0.2) is 4.39 Å². The van der Waals surface area contributed by atoms with E-state index in [-0.39, 0.29) is 11.6 Å². The molecule has 0 aliphatic heterocycles. The first-order chi connectivity index (χ1) is 8.66. The number of Topliss-reactive ketones (excluding diaryl/α,β-unsaturated/α-hetero) is 1. The summed E-state index contributed by atoms with van der Waals surface area (Å²) in [5.74, 6) is -0.228. The van der Waals surface area contributed by atoms with Crippen molar-refractivity contribution in [3.05, 3.63) is 69.9 Å². The van der Waals surface area contributed by atoms with E-state index in [4.69, 9.17) is 0 Å². The van der Waals surface area contributed by atoms with Crippen LogP contribution in [0.15, 0.2) is 53.0 Å². The summed E-state index contributed by atoms with van der Waals surface area (Å²) >= 11 is 3.30. The number of carbonyl (C=O) groups is 1. The molecule has 0 atom stereocenters. The van der Waals surface area contributed by atoms with Crippen LogP contribution in [0.1, 0.15) is 22.3 Å². The monoisotopic (exact) mass is 306 g/mol. The van der Waals surface area contributed by atoms with Gasteiger partial charge in [0.25, 0.3) is 0 Å². The average Bonchev–Trinajstić information content (AvgIpc) is 2.40. The molecule has 0 unspecified atom stereocenters. The molecular formula is C15H12BrFO. The number of ketones is 1. The highest BCUT2D eigenvalue weighted by atomic mass is 79.9. The summed E-state index contributed by atoms with van der Waals surface area (Å²) in [4.78, 5) is 11.9. The van der Waals surface area contributed by atoms with E-state index in [1.165, 1.54) is 6.07 Å². The molecule has 0 heterocycles. The lowest BCUT2D eigenvalue weighted by molar-refractivity contribution is 0.0982. The van der Waals surface area contributed by atoms with E-state index in [1.807, 2.05) is 18.2 Å². The molecular weight excluding hydrogens is 295 g/mol. The Labute approximate surface area is 114 Å². The maximum atomic E-state index is 13.5. The van der Waals surface area contributed by atoms with E-state index >= 15 is 0 Å². The number of carbonyl (C=O) groups excluding carboxylic acids is 1. The maximum absolute atomic E-state index is 13.5. The first kappa shape index (κ1) is 13.0. The molecule has 0 fully saturated rings. The van der Waals surface area contributed by atoms with Crippen LogP contribution in [0.5, 0.6) is 0 Å². The number of hydrogen-bond donors (Lipinski definition) is 0. The molecule has 0 bridgehead atoms. The quantitative estimate of drug-likeness (QED) is 0.765. The molecule has 0 aliphatic rings. The first-order valence-corrected chi connectivity index (χ1v) is 6.48. The standard InChI is InChI=1S/C15H12BrFO/c16-13-7-8-14(17)12(10-13)6-9-15(18)11-4-2-1-3-5-11/h1-5,7-8,10H,6,9H2. The van der Waals surface area contributed by atoms with Crippen molar-refractivity contribution in [1.29, 1.82) is 0 Å². The minimum absolute atomic E-state index is 0.0370. The minimum atomic E-state index is -0.265. The van der Waals surface area contributed by atoms with Gasteiger partial charge in [-0.15, -0.1) is 0 Å². The molecule has 0 spiro atoms. The van der Waals surface area contributed by atoms with Gasteiger partial charge in [0, 0.05) is 16.5 Å². The molecule has 0 saturated carbocycles. The van der Waals surface area contributed by atoms with Gasteiger partial charge in [0.15, 0.2) is 5.78 Å². The summed E-state index contributed by atoms with van der Waals surface area (Å²) < 4.78 is 14.3. The highest BCUT2D eigenvalue weighted by molar-refractivity contribution is 9.10. The molecule has 3 heteroatoms. The van der Waals surface area contributed by atoms with Gasteiger partial charge in [-0.1, -0.05) is 46.3 Å². The molecule has 92 valence electrons. The Balaban J connectivity index is 2.04. The molecule has 0 amide bonds. The van der Waals surface area contributed by atoms with Crippen LogP contribution in [0.2, 0.25) is 0 Å². The second kappa shape index (κ2) is 5.91. The lowest BCUT2D eigenvalue weighted by atomic mass is 10.0. The largest absolute Gasteiger partial charge is 0.294 e. The highest BCUT2D eigenvalue weighted by Crippen LogP contribution is 2.17. The second-order valence-electron chi connectivity index (χ2n) is 4.02. The Morgan fingerprint density at radius 2 is 1.83 bits per heavy atom. The Bertz CT molecular complexity index is 552. The zero-order valence-corrected chi connectivity index (χ0v) is 11.3. The van der Waals surface area contributed by atoms with Crippen LogP contribution in [0.25, 0.3) is 0 Å². The average molecular weight is 307 g/mol. The number of halogens is 2. The topological polar surface area (TPSA) is 17.1 Å². The minimum Gasteiger partial charge on any atom is -0.294 e. The molecule has 0 saturated heterocycles. The van der Waals surface area contributed by atoms with Crippen molar-refractivity contribution < 1.29 is 9.18 Å². The predicted molar refractivity (Wildman–Crippen MR) is 73.2 cm³/mol. The van der Waals surface area contributed by atoms with E-state index in [9.17, 15) is 9.18 Å². The zero-order chi connectivity index (χ0) is 13.0. The predicted octanol–water partition coefficient (Wildman–Crippen LogP) is 4.40. The Morgan fingerprint density at radius 1 is 1.11 bits per heavy atom. The van der Waals surface area contributed by atoms with Gasteiger partial charge in [-0.05, 0) is 30.2 Å². The molecule has 2 rings (SSSR count). The van der Waals surface area contributed by atoms with Crippen molar-refractivity contribution in [2.45, 2.75) is 12.8 Å². The lowest BCUT2D eigenvalue weighted by Crippen LogP contribution is -2.02. The molecule has 1 nitrogen and oxygen atoms in total. The van der Waals surface area contributed by atoms with E-state index in [2.05, 4.69) is 15.9 Å². The smallest absolute Gasteiger partial charge is 0.163 e. The van der Waals surface area contributed by atoms with Crippen LogP contribution in [-0.4, -0.2) is 5.78 Å². The Kier molecular flexibility index (Phi) is 4.26. The third kappa shape index (κ3) is 3.26. The van der Waals surface area contributed by atoms with Crippen molar-refractivity contribution in [1.82, 2.24) is 0 Å². The zero-order valence-electron chi connectivity index (χ0n) is 9.70. The molecule has 18 heavy (non-hydrogen) atoms. The summed E-state index contributed by atoms with van der Waals surface area (Å²) in [5, 5.41) is 0. The van der Waals surface area contributed by atoms with Gasteiger partial charge in [0.2, 0.25) is 0 Å². The molecule has 0 N–H and O–H groups in total. The molecule has 0 radical (unpaired) electrons. The summed E-state index contributed by atoms with van der Waals surface area (Å²) in [6.45, 7) is 0. The van der Waals surface area contributed by atoms with Crippen LogP contribution in [0.4, 0.5) is 4.39 Å². The Hall–Kier alpha value is -1.48. The van der Waals surface area contributed by atoms with Crippen molar-refractivity contribution in [3.8, 4) is 0 Å². The summed E-state index contributed by atoms with van der Waals surface area (Å²) in [6, 6.07) is 13.8. The molecule has 0 aliphatic carbocycles. The van der Waals surface area contributed by atoms with Gasteiger partial charge < -0.3 is 0 Å². The fourth-order valence-corrected chi connectivity index (χ4v) is 2.16. The van der Waals surface area contributed by atoms with Crippen molar-refractivity contribution in [3.63, 3.8) is 0 Å². The fourth-order valence-electron chi connectivity index (χ4n) is 1.75. The van der Waals surface area contributed by atoms with Crippen LogP contribution in [0.3, 0.4) is 0 Å². The van der Waals surface area contributed by atoms with Crippen molar-refractivity contribution in [2.24, 2.45) is 0 Å². The van der Waals surface area contributed by atoms with Crippen LogP contribution >= 0.6 is 15.9 Å². The van der Waals surface area contributed by atoms with Gasteiger partial charge in [-0.3, -0.25) is 4.79 Å². The summed E-state index contributed by atoms with van der Waals surface area (Å²) in [5.41, 5.74) is 1.24. The number of hydrogen-bond acceptors (Lipinski definition) is 1. The van der Waals surface area contributed by atoms with Crippen LogP contribution in [0, 0.1) is 5.82 Å². The van der Waals surface area contributed by atoms with Crippen LogP contribution in [-0.2, 0) is 6.42 Å². The van der Waals surface area contributed by atoms with Crippen molar-refractivity contribution in [2.75, 3.05) is 0 Å². The number of rotatable bonds is 4. The molecule has 0 aromatic heterocycles. The van der Waals surface area contributed by atoms with E-state index < -0.39 is 0 Å².